The second-order valence-corrected chi connectivity index (χ2v) is 4.84. The van der Waals surface area contributed by atoms with Gasteiger partial charge in [0.25, 0.3) is 0 Å². The van der Waals surface area contributed by atoms with Crippen molar-refractivity contribution in [3.63, 3.8) is 0 Å². The summed E-state index contributed by atoms with van der Waals surface area (Å²) >= 11 is 0. The van der Waals surface area contributed by atoms with Gasteiger partial charge in [-0.25, -0.2) is 0 Å². The summed E-state index contributed by atoms with van der Waals surface area (Å²) in [6, 6.07) is 0. The SMILES string of the molecule is CCCCCC1CCC2OC=CC2C1. The van der Waals surface area contributed by atoms with E-state index in [0.717, 1.165) is 11.8 Å². The number of hydrogen-bond acceptors (Lipinski definition) is 1. The average Bonchev–Trinajstić information content (AvgIpc) is 2.65. The van der Waals surface area contributed by atoms with Gasteiger partial charge in [0.15, 0.2) is 0 Å². The molecule has 1 fully saturated rings. The van der Waals surface area contributed by atoms with E-state index in [-0.39, 0.29) is 0 Å². The summed E-state index contributed by atoms with van der Waals surface area (Å²) in [5, 5.41) is 0. The highest BCUT2D eigenvalue weighted by atomic mass is 16.5. The highest BCUT2D eigenvalue weighted by Crippen LogP contribution is 2.37. The van der Waals surface area contributed by atoms with Gasteiger partial charge in [0.05, 0.1) is 6.26 Å². The normalized spacial score (nSPS) is 35.4. The number of ether oxygens (including phenoxy) is 1. The van der Waals surface area contributed by atoms with Gasteiger partial charge in [0.1, 0.15) is 6.10 Å². The first-order valence-corrected chi connectivity index (χ1v) is 6.22. The van der Waals surface area contributed by atoms with E-state index in [4.69, 9.17) is 4.74 Å². The summed E-state index contributed by atoms with van der Waals surface area (Å²) in [6.07, 6.45) is 14.4. The maximum atomic E-state index is 5.55. The molecule has 0 saturated heterocycles. The van der Waals surface area contributed by atoms with Crippen LogP contribution in [0, 0.1) is 11.8 Å². The quantitative estimate of drug-likeness (QED) is 0.617. The van der Waals surface area contributed by atoms with Crippen LogP contribution in [-0.4, -0.2) is 6.10 Å². The van der Waals surface area contributed by atoms with Crippen LogP contribution in [0.5, 0.6) is 0 Å². The smallest absolute Gasteiger partial charge is 0.104 e. The molecule has 3 unspecified atom stereocenters. The topological polar surface area (TPSA) is 9.23 Å². The van der Waals surface area contributed by atoms with Crippen LogP contribution in [0.15, 0.2) is 12.3 Å². The van der Waals surface area contributed by atoms with E-state index in [2.05, 4.69) is 13.0 Å². The lowest BCUT2D eigenvalue weighted by molar-refractivity contribution is 0.0776. The first-order chi connectivity index (χ1) is 6.90. The zero-order valence-corrected chi connectivity index (χ0v) is 9.24. The molecule has 80 valence electrons. The van der Waals surface area contributed by atoms with Crippen LogP contribution in [0.1, 0.15) is 51.9 Å². The van der Waals surface area contributed by atoms with Gasteiger partial charge in [0.2, 0.25) is 0 Å². The second kappa shape index (κ2) is 4.86. The highest BCUT2D eigenvalue weighted by molar-refractivity contribution is 4.98. The van der Waals surface area contributed by atoms with Crippen molar-refractivity contribution < 1.29 is 4.74 Å². The summed E-state index contributed by atoms with van der Waals surface area (Å²) in [6.45, 7) is 2.28. The Morgan fingerprint density at radius 1 is 1.29 bits per heavy atom. The Morgan fingerprint density at radius 2 is 2.21 bits per heavy atom. The van der Waals surface area contributed by atoms with Crippen LogP contribution in [-0.2, 0) is 4.74 Å². The fourth-order valence-electron chi connectivity index (χ4n) is 2.83. The van der Waals surface area contributed by atoms with Crippen LogP contribution in [0.2, 0.25) is 0 Å². The zero-order chi connectivity index (χ0) is 9.80. The molecule has 1 saturated carbocycles. The lowest BCUT2D eigenvalue weighted by atomic mass is 9.78. The van der Waals surface area contributed by atoms with Gasteiger partial charge in [-0.1, -0.05) is 32.6 Å². The molecule has 1 heterocycles. The third kappa shape index (κ3) is 2.31. The molecule has 1 aliphatic carbocycles. The Morgan fingerprint density at radius 3 is 3.07 bits per heavy atom. The average molecular weight is 194 g/mol. The van der Waals surface area contributed by atoms with Crippen molar-refractivity contribution >= 4 is 0 Å². The molecule has 3 atom stereocenters. The Labute approximate surface area is 87.5 Å². The Hall–Kier alpha value is -0.460. The minimum absolute atomic E-state index is 0.539. The van der Waals surface area contributed by atoms with Crippen LogP contribution < -0.4 is 0 Å². The summed E-state index contributed by atoms with van der Waals surface area (Å²) in [4.78, 5) is 0. The van der Waals surface area contributed by atoms with E-state index in [0.29, 0.717) is 6.10 Å². The Bertz CT molecular complexity index is 197. The molecule has 2 rings (SSSR count). The largest absolute Gasteiger partial charge is 0.498 e. The lowest BCUT2D eigenvalue weighted by Crippen LogP contribution is -2.26. The van der Waals surface area contributed by atoms with Crippen LogP contribution in [0.4, 0.5) is 0 Å². The molecule has 0 N–H and O–H groups in total. The molecular weight excluding hydrogens is 172 g/mol. The van der Waals surface area contributed by atoms with Gasteiger partial charge >= 0.3 is 0 Å². The van der Waals surface area contributed by atoms with Crippen LogP contribution >= 0.6 is 0 Å². The molecule has 14 heavy (non-hydrogen) atoms. The lowest BCUT2D eigenvalue weighted by Gasteiger charge is -2.30. The zero-order valence-electron chi connectivity index (χ0n) is 9.24. The molecule has 0 aromatic heterocycles. The number of fused-ring (bicyclic) bond motifs is 1. The van der Waals surface area contributed by atoms with Crippen molar-refractivity contribution in [2.45, 2.75) is 58.0 Å². The van der Waals surface area contributed by atoms with E-state index in [1.807, 2.05) is 6.26 Å². The van der Waals surface area contributed by atoms with E-state index in [9.17, 15) is 0 Å². The standard InChI is InChI=1S/C13H22O/c1-2-3-4-5-11-6-7-13-12(10-11)8-9-14-13/h8-9,11-13H,2-7,10H2,1H3. The third-order valence-corrected chi connectivity index (χ3v) is 3.74. The van der Waals surface area contributed by atoms with Crippen molar-refractivity contribution in [1.29, 1.82) is 0 Å². The molecular formula is C13H22O. The number of hydrogen-bond donors (Lipinski definition) is 0. The molecule has 0 spiro atoms. The molecule has 1 nitrogen and oxygen atoms in total. The predicted octanol–water partition coefficient (Wildman–Crippen LogP) is 3.90. The monoisotopic (exact) mass is 194 g/mol. The Balaban J connectivity index is 1.71. The van der Waals surface area contributed by atoms with Crippen molar-refractivity contribution in [1.82, 2.24) is 0 Å². The number of unbranched alkanes of at least 4 members (excludes halogenated alkanes) is 2. The first-order valence-electron chi connectivity index (χ1n) is 6.22. The Kier molecular flexibility index (Phi) is 3.49. The van der Waals surface area contributed by atoms with Gasteiger partial charge in [-0.2, -0.15) is 0 Å². The van der Waals surface area contributed by atoms with Crippen molar-refractivity contribution in [2.24, 2.45) is 11.8 Å². The predicted molar refractivity (Wildman–Crippen MR) is 59.0 cm³/mol. The highest BCUT2D eigenvalue weighted by Gasteiger charge is 2.31. The van der Waals surface area contributed by atoms with Gasteiger partial charge < -0.3 is 4.74 Å². The summed E-state index contributed by atoms with van der Waals surface area (Å²) < 4.78 is 5.55. The van der Waals surface area contributed by atoms with Gasteiger partial charge in [-0.15, -0.1) is 0 Å². The molecule has 1 heteroatoms. The molecule has 1 aliphatic heterocycles. The molecule has 0 amide bonds. The van der Waals surface area contributed by atoms with Crippen molar-refractivity contribution in [3.05, 3.63) is 12.3 Å². The maximum Gasteiger partial charge on any atom is 0.104 e. The maximum absolute atomic E-state index is 5.55. The molecule has 0 aromatic rings. The van der Waals surface area contributed by atoms with Crippen molar-refractivity contribution in [3.8, 4) is 0 Å². The van der Waals surface area contributed by atoms with E-state index < -0.39 is 0 Å². The first kappa shape index (κ1) is 10.1. The fraction of sp³-hybridized carbons (Fsp3) is 0.846. The van der Waals surface area contributed by atoms with Gasteiger partial charge in [-0.3, -0.25) is 0 Å². The van der Waals surface area contributed by atoms with Crippen LogP contribution in [0.25, 0.3) is 0 Å². The minimum Gasteiger partial charge on any atom is -0.498 e. The van der Waals surface area contributed by atoms with E-state index in [1.165, 1.54) is 44.9 Å². The molecule has 0 radical (unpaired) electrons. The van der Waals surface area contributed by atoms with E-state index >= 15 is 0 Å². The molecule has 2 aliphatic rings. The minimum atomic E-state index is 0.539. The molecule has 0 bridgehead atoms. The summed E-state index contributed by atoms with van der Waals surface area (Å²) in [5.41, 5.74) is 0. The number of rotatable bonds is 4. The summed E-state index contributed by atoms with van der Waals surface area (Å²) in [5.74, 6) is 1.73. The van der Waals surface area contributed by atoms with Crippen LogP contribution in [0.3, 0.4) is 0 Å². The van der Waals surface area contributed by atoms with Gasteiger partial charge in [-0.05, 0) is 31.3 Å². The molecule has 0 aromatic carbocycles. The van der Waals surface area contributed by atoms with Crippen molar-refractivity contribution in [2.75, 3.05) is 0 Å². The van der Waals surface area contributed by atoms with E-state index in [1.54, 1.807) is 0 Å². The van der Waals surface area contributed by atoms with Gasteiger partial charge in [0, 0.05) is 5.92 Å². The third-order valence-electron chi connectivity index (χ3n) is 3.74. The fourth-order valence-corrected chi connectivity index (χ4v) is 2.83. The summed E-state index contributed by atoms with van der Waals surface area (Å²) in [7, 11) is 0. The second-order valence-electron chi connectivity index (χ2n) is 4.84.